The summed E-state index contributed by atoms with van der Waals surface area (Å²) in [5.41, 5.74) is 5.31. The summed E-state index contributed by atoms with van der Waals surface area (Å²) in [6.07, 6.45) is 0. The number of phenols is 1. The zero-order valence-corrected chi connectivity index (χ0v) is 14.1. The fourth-order valence-electron chi connectivity index (χ4n) is 2.66. The number of hydrogen-bond donors (Lipinski definition) is 1. The zero-order chi connectivity index (χ0) is 17.3. The van der Waals surface area contributed by atoms with E-state index < -0.39 is 0 Å². The molecule has 1 aromatic heterocycles. The molecule has 0 aliphatic carbocycles. The van der Waals surface area contributed by atoms with Gasteiger partial charge in [-0.1, -0.05) is 29.8 Å². The number of halogens is 1. The van der Waals surface area contributed by atoms with Crippen LogP contribution in [0, 0.1) is 25.2 Å². The van der Waals surface area contributed by atoms with E-state index in [0.29, 0.717) is 16.3 Å². The van der Waals surface area contributed by atoms with E-state index in [4.69, 9.17) is 11.6 Å². The van der Waals surface area contributed by atoms with Gasteiger partial charge in [-0.3, -0.25) is 4.98 Å². The van der Waals surface area contributed by atoms with E-state index in [1.165, 1.54) is 0 Å². The van der Waals surface area contributed by atoms with Gasteiger partial charge in [-0.15, -0.1) is 0 Å². The molecule has 3 nitrogen and oxygen atoms in total. The van der Waals surface area contributed by atoms with Gasteiger partial charge in [0.25, 0.3) is 0 Å². The Bertz CT molecular complexity index is 957. The van der Waals surface area contributed by atoms with Crippen molar-refractivity contribution in [1.29, 1.82) is 5.26 Å². The molecule has 4 heteroatoms. The molecule has 0 saturated heterocycles. The third-order valence-electron chi connectivity index (χ3n) is 3.96. The van der Waals surface area contributed by atoms with Crippen molar-refractivity contribution in [3.8, 4) is 34.2 Å². The van der Waals surface area contributed by atoms with E-state index in [9.17, 15) is 10.4 Å². The monoisotopic (exact) mass is 334 g/mol. The average Bonchev–Trinajstić information content (AvgIpc) is 2.57. The predicted molar refractivity (Wildman–Crippen MR) is 96.0 cm³/mol. The third-order valence-corrected chi connectivity index (χ3v) is 4.46. The van der Waals surface area contributed by atoms with Crippen LogP contribution in [-0.4, -0.2) is 10.1 Å². The molecule has 0 fully saturated rings. The summed E-state index contributed by atoms with van der Waals surface area (Å²) < 4.78 is 0. The summed E-state index contributed by atoms with van der Waals surface area (Å²) in [5.74, 6) is 0.200. The molecule has 1 heterocycles. The Kier molecular flexibility index (Phi) is 4.24. The van der Waals surface area contributed by atoms with Crippen LogP contribution in [0.5, 0.6) is 5.75 Å². The highest BCUT2D eigenvalue weighted by atomic mass is 35.5. The molecule has 0 bridgehead atoms. The summed E-state index contributed by atoms with van der Waals surface area (Å²) in [7, 11) is 0. The Morgan fingerprint density at radius 2 is 1.75 bits per heavy atom. The van der Waals surface area contributed by atoms with E-state index in [0.717, 1.165) is 27.9 Å². The van der Waals surface area contributed by atoms with Gasteiger partial charge in [-0.2, -0.15) is 5.26 Å². The van der Waals surface area contributed by atoms with Gasteiger partial charge in [0, 0.05) is 16.7 Å². The molecule has 3 rings (SSSR count). The van der Waals surface area contributed by atoms with Crippen LogP contribution in [0.25, 0.3) is 22.4 Å². The Balaban J connectivity index is 2.27. The van der Waals surface area contributed by atoms with Crippen molar-refractivity contribution in [2.24, 2.45) is 0 Å². The quantitative estimate of drug-likeness (QED) is 0.695. The fraction of sp³-hybridized carbons (Fsp3) is 0.100. The van der Waals surface area contributed by atoms with Crippen molar-refractivity contribution in [2.45, 2.75) is 13.8 Å². The lowest BCUT2D eigenvalue weighted by molar-refractivity contribution is 0.475. The lowest BCUT2D eigenvalue weighted by Crippen LogP contribution is -1.97. The fourth-order valence-corrected chi connectivity index (χ4v) is 2.89. The highest BCUT2D eigenvalue weighted by Crippen LogP contribution is 2.35. The number of aryl methyl sites for hydroxylation is 2. The molecule has 0 amide bonds. The first-order valence-electron chi connectivity index (χ1n) is 7.48. The van der Waals surface area contributed by atoms with Crippen molar-refractivity contribution in [3.05, 3.63) is 70.4 Å². The minimum absolute atomic E-state index is 0.200. The van der Waals surface area contributed by atoms with Crippen LogP contribution in [-0.2, 0) is 0 Å². The Morgan fingerprint density at radius 3 is 2.42 bits per heavy atom. The van der Waals surface area contributed by atoms with Gasteiger partial charge in [0.15, 0.2) is 0 Å². The highest BCUT2D eigenvalue weighted by Gasteiger charge is 2.15. The number of aromatic nitrogens is 1. The molecule has 0 aliphatic heterocycles. The standard InChI is InChI=1S/C20H15ClN2O/c1-12-4-3-5-16(20(12)21)17-10-19(23-13(2)18(17)11-22)14-6-8-15(24)9-7-14/h3-10,24H,1-2H3. The molecule has 0 atom stereocenters. The summed E-state index contributed by atoms with van der Waals surface area (Å²) in [6, 6.07) is 16.7. The third kappa shape index (κ3) is 2.84. The van der Waals surface area contributed by atoms with Gasteiger partial charge in [0.05, 0.1) is 22.0 Å². The van der Waals surface area contributed by atoms with Crippen molar-refractivity contribution < 1.29 is 5.11 Å². The minimum Gasteiger partial charge on any atom is -0.508 e. The number of rotatable bonds is 2. The molecule has 0 spiro atoms. The minimum atomic E-state index is 0.200. The second kappa shape index (κ2) is 6.35. The first-order chi connectivity index (χ1) is 11.5. The summed E-state index contributed by atoms with van der Waals surface area (Å²) in [6.45, 7) is 3.75. The van der Waals surface area contributed by atoms with E-state index in [2.05, 4.69) is 11.1 Å². The van der Waals surface area contributed by atoms with Gasteiger partial charge in [-0.05, 0) is 49.7 Å². The molecule has 1 N–H and O–H groups in total. The Hall–Kier alpha value is -2.83. The molecule has 0 aliphatic rings. The van der Waals surface area contributed by atoms with Gasteiger partial charge in [0.2, 0.25) is 0 Å². The molecular formula is C20H15ClN2O. The van der Waals surface area contributed by atoms with Crippen molar-refractivity contribution >= 4 is 11.6 Å². The maximum Gasteiger partial charge on any atom is 0.115 e. The first kappa shape index (κ1) is 16.0. The molecule has 2 aromatic carbocycles. The van der Waals surface area contributed by atoms with Crippen LogP contribution in [0.4, 0.5) is 0 Å². The Labute approximate surface area is 145 Å². The number of phenolic OH excluding ortho intramolecular Hbond substituents is 1. The SMILES string of the molecule is Cc1cccc(-c2cc(-c3ccc(O)cc3)nc(C)c2C#N)c1Cl. The van der Waals surface area contributed by atoms with Gasteiger partial charge >= 0.3 is 0 Å². The van der Waals surface area contributed by atoms with Gasteiger partial charge in [-0.25, -0.2) is 0 Å². The largest absolute Gasteiger partial charge is 0.508 e. The van der Waals surface area contributed by atoms with Crippen LogP contribution in [0.2, 0.25) is 5.02 Å². The van der Waals surface area contributed by atoms with E-state index in [1.54, 1.807) is 24.3 Å². The molecule has 0 radical (unpaired) electrons. The highest BCUT2D eigenvalue weighted by molar-refractivity contribution is 6.34. The normalized spacial score (nSPS) is 10.4. The maximum atomic E-state index is 9.55. The van der Waals surface area contributed by atoms with E-state index in [-0.39, 0.29) is 5.75 Å². The summed E-state index contributed by atoms with van der Waals surface area (Å²) >= 11 is 6.47. The number of aromatic hydroxyl groups is 1. The lowest BCUT2D eigenvalue weighted by Gasteiger charge is -2.13. The van der Waals surface area contributed by atoms with Crippen LogP contribution in [0.15, 0.2) is 48.5 Å². The maximum absolute atomic E-state index is 9.55. The number of nitrogens with zero attached hydrogens (tertiary/aromatic N) is 2. The zero-order valence-electron chi connectivity index (χ0n) is 13.3. The van der Waals surface area contributed by atoms with Crippen molar-refractivity contribution in [3.63, 3.8) is 0 Å². The van der Waals surface area contributed by atoms with Crippen LogP contribution < -0.4 is 0 Å². The molecule has 3 aromatic rings. The van der Waals surface area contributed by atoms with Crippen LogP contribution in [0.3, 0.4) is 0 Å². The van der Waals surface area contributed by atoms with Gasteiger partial charge in [0.1, 0.15) is 11.8 Å². The van der Waals surface area contributed by atoms with E-state index >= 15 is 0 Å². The van der Waals surface area contributed by atoms with Crippen LogP contribution in [0.1, 0.15) is 16.8 Å². The number of hydrogen-bond acceptors (Lipinski definition) is 3. The Morgan fingerprint density at radius 1 is 1.04 bits per heavy atom. The molecule has 0 unspecified atom stereocenters. The number of pyridine rings is 1. The molecule has 0 saturated carbocycles. The molecular weight excluding hydrogens is 320 g/mol. The van der Waals surface area contributed by atoms with Gasteiger partial charge < -0.3 is 5.11 Å². The number of nitriles is 1. The lowest BCUT2D eigenvalue weighted by atomic mass is 9.96. The summed E-state index contributed by atoms with van der Waals surface area (Å²) in [5, 5.41) is 19.6. The van der Waals surface area contributed by atoms with Crippen molar-refractivity contribution in [1.82, 2.24) is 4.98 Å². The predicted octanol–water partition coefficient (Wildman–Crippen LogP) is 5.26. The molecule has 24 heavy (non-hydrogen) atoms. The first-order valence-corrected chi connectivity index (χ1v) is 7.85. The average molecular weight is 335 g/mol. The second-order valence-electron chi connectivity index (χ2n) is 5.61. The number of benzene rings is 2. The molecule has 118 valence electrons. The smallest absolute Gasteiger partial charge is 0.115 e. The van der Waals surface area contributed by atoms with E-state index in [1.807, 2.05) is 38.1 Å². The van der Waals surface area contributed by atoms with Crippen molar-refractivity contribution in [2.75, 3.05) is 0 Å². The topological polar surface area (TPSA) is 56.9 Å². The van der Waals surface area contributed by atoms with Crippen LogP contribution >= 0.6 is 11.6 Å². The second-order valence-corrected chi connectivity index (χ2v) is 5.99. The summed E-state index contributed by atoms with van der Waals surface area (Å²) in [4.78, 5) is 4.53.